The average molecular weight is 799 g/mol. The van der Waals surface area contributed by atoms with E-state index in [1.807, 2.05) is 0 Å². The van der Waals surface area contributed by atoms with Crippen LogP contribution in [0.25, 0.3) is 121 Å². The summed E-state index contributed by atoms with van der Waals surface area (Å²) in [5, 5.41) is 7.79. The maximum absolute atomic E-state index is 2.44. The summed E-state index contributed by atoms with van der Waals surface area (Å²) in [6.45, 7) is 4.78. The summed E-state index contributed by atoms with van der Waals surface area (Å²) in [6.07, 6.45) is 0. The first-order chi connectivity index (χ1) is 31.0. The van der Waals surface area contributed by atoms with Crippen LogP contribution in [0.4, 0.5) is 0 Å². The topological polar surface area (TPSA) is 0 Å². The molecule has 0 heterocycles. The predicted octanol–water partition coefficient (Wildman–Crippen LogP) is 17.4. The van der Waals surface area contributed by atoms with Gasteiger partial charge in [-0.05, 0) is 151 Å². The molecule has 0 fully saturated rings. The van der Waals surface area contributed by atoms with E-state index in [-0.39, 0.29) is 5.41 Å². The van der Waals surface area contributed by atoms with Gasteiger partial charge in [-0.15, -0.1) is 0 Å². The molecule has 0 heteroatoms. The van der Waals surface area contributed by atoms with E-state index in [9.17, 15) is 0 Å². The molecule has 13 rings (SSSR count). The summed E-state index contributed by atoms with van der Waals surface area (Å²) >= 11 is 0. The number of benzene rings is 11. The van der Waals surface area contributed by atoms with Crippen molar-refractivity contribution < 1.29 is 0 Å². The van der Waals surface area contributed by atoms with Crippen molar-refractivity contribution in [1.82, 2.24) is 0 Å². The number of fused-ring (bicyclic) bond motifs is 8. The van der Waals surface area contributed by atoms with Gasteiger partial charge in [0.25, 0.3) is 0 Å². The Labute approximate surface area is 368 Å². The summed E-state index contributed by atoms with van der Waals surface area (Å²) in [7, 11) is 0. The first-order valence-corrected chi connectivity index (χ1v) is 22.2. The smallest absolute Gasteiger partial charge is 0.0159 e. The molecule has 63 heavy (non-hydrogen) atoms. The quantitative estimate of drug-likeness (QED) is 0.163. The molecule has 11 aromatic carbocycles. The van der Waals surface area contributed by atoms with E-state index in [1.165, 1.54) is 132 Å². The zero-order valence-corrected chi connectivity index (χ0v) is 35.3. The normalized spacial score (nSPS) is 13.0. The maximum Gasteiger partial charge on any atom is 0.0159 e. The van der Waals surface area contributed by atoms with Gasteiger partial charge in [-0.2, -0.15) is 0 Å². The van der Waals surface area contributed by atoms with Crippen molar-refractivity contribution >= 4 is 32.3 Å². The number of hydrogen-bond acceptors (Lipinski definition) is 0. The second-order valence-electron chi connectivity index (χ2n) is 18.0. The van der Waals surface area contributed by atoms with Crippen LogP contribution in [0.3, 0.4) is 0 Å². The van der Waals surface area contributed by atoms with Crippen LogP contribution < -0.4 is 0 Å². The molecule has 0 spiro atoms. The molecule has 0 atom stereocenters. The molecular weight excluding hydrogens is 757 g/mol. The summed E-state index contributed by atoms with van der Waals surface area (Å²) in [4.78, 5) is 0. The third kappa shape index (κ3) is 5.48. The number of hydrogen-bond donors (Lipinski definition) is 0. The molecule has 0 N–H and O–H groups in total. The highest BCUT2D eigenvalue weighted by Crippen LogP contribution is 2.54. The lowest BCUT2D eigenvalue weighted by Gasteiger charge is -2.23. The Bertz CT molecular complexity index is 3650. The van der Waals surface area contributed by atoms with E-state index in [0.717, 1.165) is 0 Å². The Morgan fingerprint density at radius 1 is 0.254 bits per heavy atom. The average Bonchev–Trinajstić information content (AvgIpc) is 3.78. The van der Waals surface area contributed by atoms with Crippen molar-refractivity contribution in [1.29, 1.82) is 0 Å². The van der Waals surface area contributed by atoms with Crippen LogP contribution in [0.1, 0.15) is 25.0 Å². The van der Waals surface area contributed by atoms with Crippen molar-refractivity contribution in [3.05, 3.63) is 230 Å². The standard InChI is InChI=1S/C63H42/c1-63(2)58-37-47(41-22-20-39(21-23-41)40-24-28-44(29-25-40)51-17-7-12-43-10-3-5-15-50(43)51)32-34-53(58)54-35-33-48(38-59(54)63)42-26-30-46(31-27-42)61-52-16-6-4-11-49(52)36-57-55-18-8-13-45-14-9-19-56(60(45)55)62(57)61/h3-38H,1-2H3. The van der Waals surface area contributed by atoms with E-state index in [4.69, 9.17) is 0 Å². The first-order valence-electron chi connectivity index (χ1n) is 22.2. The zero-order valence-electron chi connectivity index (χ0n) is 35.3. The van der Waals surface area contributed by atoms with Crippen LogP contribution in [-0.4, -0.2) is 0 Å². The Balaban J connectivity index is 0.794. The van der Waals surface area contributed by atoms with E-state index in [2.05, 4.69) is 232 Å². The molecule has 0 radical (unpaired) electrons. The molecule has 2 aliphatic carbocycles. The fraction of sp³-hybridized carbons (Fsp3) is 0.0476. The second-order valence-corrected chi connectivity index (χ2v) is 18.0. The van der Waals surface area contributed by atoms with E-state index < -0.39 is 0 Å². The highest BCUT2D eigenvalue weighted by molar-refractivity contribution is 6.22. The molecule has 0 nitrogen and oxygen atoms in total. The monoisotopic (exact) mass is 798 g/mol. The maximum atomic E-state index is 2.44. The van der Waals surface area contributed by atoms with Crippen molar-refractivity contribution in [3.8, 4) is 89.0 Å². The predicted molar refractivity (Wildman–Crippen MR) is 268 cm³/mol. The van der Waals surface area contributed by atoms with Gasteiger partial charge in [0.05, 0.1) is 0 Å². The Morgan fingerprint density at radius 3 is 1.32 bits per heavy atom. The molecule has 0 aromatic heterocycles. The van der Waals surface area contributed by atoms with Gasteiger partial charge in [-0.25, -0.2) is 0 Å². The lowest BCUT2D eigenvalue weighted by Crippen LogP contribution is -2.15. The Hall–Kier alpha value is -7.80. The SMILES string of the molecule is CC1(C)c2cc(-c3ccc(-c4ccc(-c5cccc6ccccc56)cc4)cc3)ccc2-c2ccc(-c3ccc(-c4c5c(cc6ccccc46)-c4cccc6cccc-5c46)cc3)cc21. The minimum atomic E-state index is -0.137. The van der Waals surface area contributed by atoms with Crippen molar-refractivity contribution in [2.45, 2.75) is 19.3 Å². The van der Waals surface area contributed by atoms with Gasteiger partial charge in [0.1, 0.15) is 0 Å². The van der Waals surface area contributed by atoms with Gasteiger partial charge in [0, 0.05) is 5.41 Å². The molecule has 0 aliphatic heterocycles. The van der Waals surface area contributed by atoms with Crippen LogP contribution in [0.15, 0.2) is 218 Å². The van der Waals surface area contributed by atoms with Crippen LogP contribution in [-0.2, 0) is 5.41 Å². The van der Waals surface area contributed by atoms with Gasteiger partial charge >= 0.3 is 0 Å². The van der Waals surface area contributed by atoms with E-state index in [1.54, 1.807) is 0 Å². The van der Waals surface area contributed by atoms with E-state index in [0.29, 0.717) is 0 Å². The molecule has 0 bridgehead atoms. The van der Waals surface area contributed by atoms with Gasteiger partial charge in [0.2, 0.25) is 0 Å². The summed E-state index contributed by atoms with van der Waals surface area (Å²) in [5.41, 5.74) is 23.2. The molecule has 294 valence electrons. The van der Waals surface area contributed by atoms with Crippen LogP contribution >= 0.6 is 0 Å². The molecule has 2 aliphatic rings. The summed E-state index contributed by atoms with van der Waals surface area (Å²) in [6, 6.07) is 81.5. The van der Waals surface area contributed by atoms with Crippen LogP contribution in [0, 0.1) is 0 Å². The molecular formula is C63H42. The van der Waals surface area contributed by atoms with Crippen molar-refractivity contribution in [2.75, 3.05) is 0 Å². The van der Waals surface area contributed by atoms with Crippen LogP contribution in [0.5, 0.6) is 0 Å². The van der Waals surface area contributed by atoms with E-state index >= 15 is 0 Å². The highest BCUT2D eigenvalue weighted by Gasteiger charge is 2.36. The minimum Gasteiger partial charge on any atom is -0.0616 e. The minimum absolute atomic E-state index is 0.137. The molecule has 0 saturated heterocycles. The lowest BCUT2D eigenvalue weighted by atomic mass is 9.80. The second kappa shape index (κ2) is 13.6. The molecule has 11 aromatic rings. The number of rotatable bonds is 5. The van der Waals surface area contributed by atoms with Crippen LogP contribution in [0.2, 0.25) is 0 Å². The van der Waals surface area contributed by atoms with Crippen molar-refractivity contribution in [3.63, 3.8) is 0 Å². The summed E-state index contributed by atoms with van der Waals surface area (Å²) in [5.74, 6) is 0. The Morgan fingerprint density at radius 2 is 0.698 bits per heavy atom. The first kappa shape index (κ1) is 35.9. The zero-order chi connectivity index (χ0) is 41.8. The fourth-order valence-electron chi connectivity index (χ4n) is 11.0. The Kier molecular flexibility index (Phi) is 7.75. The van der Waals surface area contributed by atoms with Gasteiger partial charge < -0.3 is 0 Å². The van der Waals surface area contributed by atoms with Gasteiger partial charge in [-0.3, -0.25) is 0 Å². The van der Waals surface area contributed by atoms with Gasteiger partial charge in [0.15, 0.2) is 0 Å². The molecule has 0 saturated carbocycles. The fourth-order valence-corrected chi connectivity index (χ4v) is 11.0. The largest absolute Gasteiger partial charge is 0.0616 e. The molecule has 0 unspecified atom stereocenters. The van der Waals surface area contributed by atoms with Gasteiger partial charge in [-0.1, -0.05) is 214 Å². The third-order valence-corrected chi connectivity index (χ3v) is 14.2. The molecule has 0 amide bonds. The third-order valence-electron chi connectivity index (χ3n) is 14.2. The highest BCUT2D eigenvalue weighted by atomic mass is 14.4. The lowest BCUT2D eigenvalue weighted by molar-refractivity contribution is 0.661. The summed E-state index contributed by atoms with van der Waals surface area (Å²) < 4.78 is 0. The van der Waals surface area contributed by atoms with Crippen molar-refractivity contribution in [2.24, 2.45) is 0 Å².